The summed E-state index contributed by atoms with van der Waals surface area (Å²) in [4.78, 5) is 29.0. The highest BCUT2D eigenvalue weighted by molar-refractivity contribution is 6.09. The van der Waals surface area contributed by atoms with Crippen molar-refractivity contribution in [3.05, 3.63) is 90.3 Å². The maximum Gasteiger partial charge on any atom is 0.252 e. The lowest BCUT2D eigenvalue weighted by Crippen LogP contribution is -2.51. The van der Waals surface area contributed by atoms with Crippen LogP contribution in [-0.4, -0.2) is 54.3 Å². The number of benzene rings is 2. The van der Waals surface area contributed by atoms with Gasteiger partial charge >= 0.3 is 0 Å². The summed E-state index contributed by atoms with van der Waals surface area (Å²) in [5.41, 5.74) is 8.25. The number of nitrogens with one attached hydrogen (secondary N) is 1. The van der Waals surface area contributed by atoms with Crippen molar-refractivity contribution in [3.8, 4) is 11.5 Å². The van der Waals surface area contributed by atoms with E-state index in [0.29, 0.717) is 11.5 Å². The second-order valence-corrected chi connectivity index (χ2v) is 9.81. The predicted octanol–water partition coefficient (Wildman–Crippen LogP) is 4.69. The second-order valence-electron chi connectivity index (χ2n) is 9.81. The maximum absolute atomic E-state index is 13.0. The van der Waals surface area contributed by atoms with Crippen molar-refractivity contribution in [2.24, 2.45) is 11.7 Å². The van der Waals surface area contributed by atoms with Crippen LogP contribution in [0.15, 0.2) is 84.7 Å². The molecule has 2 amide bonds. The van der Waals surface area contributed by atoms with E-state index in [-0.39, 0.29) is 11.9 Å². The van der Waals surface area contributed by atoms with E-state index < -0.39 is 5.91 Å². The summed E-state index contributed by atoms with van der Waals surface area (Å²) in [5.74, 6) is 2.21. The lowest BCUT2D eigenvalue weighted by molar-refractivity contribution is -0.127. The monoisotopic (exact) mass is 514 g/mol. The Morgan fingerprint density at radius 3 is 2.32 bits per heavy atom. The molecule has 2 saturated heterocycles. The average Bonchev–Trinajstić information content (AvgIpc) is 2.94. The Labute approximate surface area is 225 Å². The number of hydrogen-bond acceptors (Lipinski definition) is 5. The van der Waals surface area contributed by atoms with Crippen LogP contribution in [0.1, 0.15) is 38.2 Å². The number of carbonyl (C=O) groups is 2. The molecule has 1 atom stereocenters. The fraction of sp³-hybridized carbons (Fsp3) is 0.355. The van der Waals surface area contributed by atoms with Crippen molar-refractivity contribution in [1.82, 2.24) is 15.1 Å². The summed E-state index contributed by atoms with van der Waals surface area (Å²) in [6.07, 6.45) is 7.01. The first-order valence-corrected chi connectivity index (χ1v) is 13.4. The standard InChI is InChI=1S/C31H38N4O3/c1-4-9-26(22-12-14-25(15-13-22)38-24-10-7-6-8-11-24)29(30(32)37)31-33-19-16-27(34(31)3)23-17-20-35(21-18-23)28(36)5-2/h5-15,23,27,33H,2,4,16-21H2,1,3H3,(H2,32,37)/b26-9+,31-29+. The van der Waals surface area contributed by atoms with Gasteiger partial charge in [0.15, 0.2) is 0 Å². The number of hydrogen-bond donors (Lipinski definition) is 2. The molecule has 2 aromatic carbocycles. The molecule has 0 saturated carbocycles. The Morgan fingerprint density at radius 2 is 1.71 bits per heavy atom. The van der Waals surface area contributed by atoms with Crippen molar-refractivity contribution in [1.29, 1.82) is 0 Å². The Balaban J connectivity index is 1.59. The molecular formula is C31H38N4O3. The number of allylic oxidation sites excluding steroid dienone is 1. The zero-order valence-electron chi connectivity index (χ0n) is 22.4. The molecule has 2 aliphatic heterocycles. The third kappa shape index (κ3) is 6.10. The van der Waals surface area contributed by atoms with Gasteiger partial charge in [-0.15, -0.1) is 0 Å². The zero-order valence-corrected chi connectivity index (χ0v) is 22.4. The van der Waals surface area contributed by atoms with E-state index in [9.17, 15) is 9.59 Å². The molecule has 2 fully saturated rings. The highest BCUT2D eigenvalue weighted by atomic mass is 16.5. The minimum Gasteiger partial charge on any atom is -0.457 e. The Morgan fingerprint density at radius 1 is 1.05 bits per heavy atom. The summed E-state index contributed by atoms with van der Waals surface area (Å²) < 4.78 is 5.95. The van der Waals surface area contributed by atoms with Gasteiger partial charge in [-0.3, -0.25) is 9.59 Å². The molecule has 1 unspecified atom stereocenters. The lowest BCUT2D eigenvalue weighted by atomic mass is 9.85. The number of primary amides is 1. The van der Waals surface area contributed by atoms with Crippen molar-refractivity contribution >= 4 is 17.4 Å². The minimum absolute atomic E-state index is 0.00625. The van der Waals surface area contributed by atoms with Gasteiger partial charge in [0.05, 0.1) is 5.57 Å². The number of ether oxygens (including phenoxy) is 1. The van der Waals surface area contributed by atoms with Crippen LogP contribution in [0.2, 0.25) is 0 Å². The Hall–Kier alpha value is -4.00. The van der Waals surface area contributed by atoms with Gasteiger partial charge in [0.2, 0.25) is 5.91 Å². The number of likely N-dealkylation sites (tertiary alicyclic amines) is 1. The van der Waals surface area contributed by atoms with Crippen molar-refractivity contribution in [3.63, 3.8) is 0 Å². The van der Waals surface area contributed by atoms with Crippen LogP contribution in [0, 0.1) is 5.92 Å². The van der Waals surface area contributed by atoms with Crippen LogP contribution in [0.5, 0.6) is 11.5 Å². The summed E-state index contributed by atoms with van der Waals surface area (Å²) in [7, 11) is 2.04. The van der Waals surface area contributed by atoms with Crippen LogP contribution in [0.25, 0.3) is 5.57 Å². The molecule has 4 rings (SSSR count). The first-order valence-electron chi connectivity index (χ1n) is 13.4. The van der Waals surface area contributed by atoms with Crippen LogP contribution >= 0.6 is 0 Å². The molecule has 2 aromatic rings. The Kier molecular flexibility index (Phi) is 8.89. The molecule has 0 aliphatic carbocycles. The third-order valence-corrected chi connectivity index (χ3v) is 7.46. The fourth-order valence-electron chi connectivity index (χ4n) is 5.55. The first kappa shape index (κ1) is 27.0. The van der Waals surface area contributed by atoms with Gasteiger partial charge in [-0.25, -0.2) is 0 Å². The summed E-state index contributed by atoms with van der Waals surface area (Å²) in [5, 5.41) is 3.47. The number of nitrogens with two attached hydrogens (primary N) is 1. The number of para-hydroxylation sites is 1. The maximum atomic E-state index is 13.0. The molecule has 0 aromatic heterocycles. The van der Waals surface area contributed by atoms with E-state index >= 15 is 0 Å². The topological polar surface area (TPSA) is 87.9 Å². The van der Waals surface area contributed by atoms with Crippen molar-refractivity contribution in [2.45, 2.75) is 38.6 Å². The van der Waals surface area contributed by atoms with E-state index in [1.165, 1.54) is 6.08 Å². The average molecular weight is 515 g/mol. The molecule has 38 heavy (non-hydrogen) atoms. The van der Waals surface area contributed by atoms with Gasteiger partial charge in [-0.2, -0.15) is 0 Å². The molecule has 0 spiro atoms. The Bertz CT molecular complexity index is 1200. The predicted molar refractivity (Wildman–Crippen MR) is 151 cm³/mol. The smallest absolute Gasteiger partial charge is 0.252 e. The number of piperidine rings is 1. The van der Waals surface area contributed by atoms with Crippen LogP contribution in [0.3, 0.4) is 0 Å². The molecule has 7 nitrogen and oxygen atoms in total. The number of rotatable bonds is 8. The third-order valence-electron chi connectivity index (χ3n) is 7.46. The van der Waals surface area contributed by atoms with E-state index in [4.69, 9.17) is 10.5 Å². The van der Waals surface area contributed by atoms with Crippen LogP contribution in [0.4, 0.5) is 0 Å². The molecule has 200 valence electrons. The normalized spacial score (nSPS) is 19.9. The summed E-state index contributed by atoms with van der Waals surface area (Å²) in [6.45, 7) is 7.88. The molecule has 0 bridgehead atoms. The fourth-order valence-corrected chi connectivity index (χ4v) is 5.55. The number of amides is 2. The number of carbonyl (C=O) groups excluding carboxylic acids is 2. The van der Waals surface area contributed by atoms with Gasteiger partial charge in [0.1, 0.15) is 17.3 Å². The van der Waals surface area contributed by atoms with E-state index in [2.05, 4.69) is 29.8 Å². The largest absolute Gasteiger partial charge is 0.457 e. The first-order chi connectivity index (χ1) is 18.4. The second kappa shape index (κ2) is 12.5. The highest BCUT2D eigenvalue weighted by Crippen LogP contribution is 2.34. The summed E-state index contributed by atoms with van der Waals surface area (Å²) in [6, 6.07) is 17.6. The molecule has 3 N–H and O–H groups in total. The van der Waals surface area contributed by atoms with Gasteiger partial charge in [-0.1, -0.05) is 49.9 Å². The zero-order chi connectivity index (χ0) is 27.1. The van der Waals surface area contributed by atoms with Gasteiger partial charge in [0, 0.05) is 32.7 Å². The minimum atomic E-state index is -0.462. The van der Waals surface area contributed by atoms with E-state index in [0.717, 1.165) is 73.8 Å². The molecule has 7 heteroatoms. The van der Waals surface area contributed by atoms with Gasteiger partial charge in [-0.05, 0) is 73.1 Å². The van der Waals surface area contributed by atoms with E-state index in [1.54, 1.807) is 0 Å². The molecule has 2 heterocycles. The van der Waals surface area contributed by atoms with Gasteiger partial charge < -0.3 is 25.6 Å². The van der Waals surface area contributed by atoms with Gasteiger partial charge in [0.25, 0.3) is 5.91 Å². The SMILES string of the molecule is C=CC(=O)N1CCC(C2CCN/C(=C(C(N)=O)/C(=C/CC)c3ccc(Oc4ccccc4)cc3)N2C)CC1. The molecule has 2 aliphatic rings. The molecular weight excluding hydrogens is 476 g/mol. The quantitative estimate of drug-likeness (QED) is 0.499. The van der Waals surface area contributed by atoms with Crippen molar-refractivity contribution < 1.29 is 14.3 Å². The van der Waals surface area contributed by atoms with Crippen molar-refractivity contribution in [2.75, 3.05) is 26.7 Å². The summed E-state index contributed by atoms with van der Waals surface area (Å²) >= 11 is 0. The van der Waals surface area contributed by atoms with Crippen LogP contribution in [-0.2, 0) is 9.59 Å². The van der Waals surface area contributed by atoms with Crippen LogP contribution < -0.4 is 15.8 Å². The van der Waals surface area contributed by atoms with E-state index in [1.807, 2.05) is 66.5 Å². The molecule has 0 radical (unpaired) electrons. The lowest BCUT2D eigenvalue weighted by Gasteiger charge is -2.45. The highest BCUT2D eigenvalue weighted by Gasteiger charge is 2.35. The number of nitrogens with zero attached hydrogens (tertiary/aromatic N) is 2.